The van der Waals surface area contributed by atoms with Crippen LogP contribution in [0.25, 0.3) is 0 Å². The first-order valence-electron chi connectivity index (χ1n) is 13.7. The summed E-state index contributed by atoms with van der Waals surface area (Å²) in [7, 11) is -1.14. The molecule has 0 unspecified atom stereocenters. The summed E-state index contributed by atoms with van der Waals surface area (Å²) in [5.41, 5.74) is 2.78. The van der Waals surface area contributed by atoms with Crippen LogP contribution in [0.3, 0.4) is 0 Å². The lowest BCUT2D eigenvalue weighted by Crippen LogP contribution is -2.49. The number of hydrogen-bond acceptors (Lipinski definition) is 3. The van der Waals surface area contributed by atoms with Crippen molar-refractivity contribution in [1.29, 1.82) is 0 Å². The van der Waals surface area contributed by atoms with Crippen LogP contribution < -0.4 is 10.6 Å². The van der Waals surface area contributed by atoms with Crippen molar-refractivity contribution in [2.75, 3.05) is 6.61 Å². The highest BCUT2D eigenvalue weighted by Gasteiger charge is 2.46. The van der Waals surface area contributed by atoms with Gasteiger partial charge in [-0.2, -0.15) is 0 Å². The van der Waals surface area contributed by atoms with Crippen molar-refractivity contribution in [3.05, 3.63) is 168 Å². The minimum Gasteiger partial charge on any atom is -0.475 e. The van der Waals surface area contributed by atoms with Gasteiger partial charge < -0.3 is 9.26 Å². The largest absolute Gasteiger partial charge is 0.475 e. The third-order valence-corrected chi connectivity index (χ3v) is 9.31. The van der Waals surface area contributed by atoms with Crippen molar-refractivity contribution in [2.45, 2.75) is 24.5 Å². The Bertz CT molecular complexity index is 1430. The SMILES string of the molecule is c1ccc(CC(Cc2ccccc2)(OP(c2ccccc2)c2ccccc2)[C@@H]2COC(c3ccccc3)=N2)cc1. The van der Waals surface area contributed by atoms with Crippen molar-refractivity contribution in [3.63, 3.8) is 0 Å². The summed E-state index contributed by atoms with van der Waals surface area (Å²) in [6, 6.07) is 52.5. The molecule has 0 radical (unpaired) electrons. The van der Waals surface area contributed by atoms with E-state index in [1.165, 1.54) is 21.7 Å². The fraction of sp³-hybridized carbons (Fsp3) is 0.139. The molecular weight excluding hydrogens is 509 g/mol. The molecule has 1 aliphatic rings. The molecular formula is C36H32NO2P. The molecule has 4 heteroatoms. The molecule has 1 atom stereocenters. The highest BCUT2D eigenvalue weighted by molar-refractivity contribution is 7.68. The van der Waals surface area contributed by atoms with Gasteiger partial charge in [0.1, 0.15) is 18.2 Å². The lowest BCUT2D eigenvalue weighted by atomic mass is 9.82. The number of ether oxygens (including phenoxy) is 1. The molecule has 0 amide bonds. The molecule has 1 heterocycles. The second-order valence-electron chi connectivity index (χ2n) is 10.1. The minimum atomic E-state index is -1.14. The summed E-state index contributed by atoms with van der Waals surface area (Å²) >= 11 is 0. The molecule has 40 heavy (non-hydrogen) atoms. The van der Waals surface area contributed by atoms with Crippen LogP contribution in [0.15, 0.2) is 157 Å². The first kappa shape index (κ1) is 26.2. The summed E-state index contributed by atoms with van der Waals surface area (Å²) in [4.78, 5) is 5.24. The summed E-state index contributed by atoms with van der Waals surface area (Å²) < 4.78 is 13.9. The second-order valence-corrected chi connectivity index (χ2v) is 11.9. The number of hydrogen-bond donors (Lipinski definition) is 0. The van der Waals surface area contributed by atoms with Crippen LogP contribution in [0.1, 0.15) is 16.7 Å². The fourth-order valence-corrected chi connectivity index (χ4v) is 7.26. The van der Waals surface area contributed by atoms with E-state index < -0.39 is 13.7 Å². The maximum Gasteiger partial charge on any atom is 0.216 e. The van der Waals surface area contributed by atoms with E-state index in [-0.39, 0.29) is 6.04 Å². The van der Waals surface area contributed by atoms with Crippen LogP contribution in [-0.4, -0.2) is 24.1 Å². The van der Waals surface area contributed by atoms with Gasteiger partial charge in [0.25, 0.3) is 0 Å². The monoisotopic (exact) mass is 541 g/mol. The van der Waals surface area contributed by atoms with E-state index in [0.29, 0.717) is 25.3 Å². The quantitative estimate of drug-likeness (QED) is 0.176. The highest BCUT2D eigenvalue weighted by Crippen LogP contribution is 2.45. The Morgan fingerprint density at radius 1 is 0.600 bits per heavy atom. The van der Waals surface area contributed by atoms with Crippen LogP contribution in [0.2, 0.25) is 0 Å². The van der Waals surface area contributed by atoms with Crippen LogP contribution in [0.4, 0.5) is 0 Å². The molecule has 5 aromatic rings. The van der Waals surface area contributed by atoms with Gasteiger partial charge in [-0.3, -0.25) is 0 Å². The maximum absolute atomic E-state index is 7.56. The van der Waals surface area contributed by atoms with Gasteiger partial charge in [-0.05, 0) is 23.3 Å². The zero-order valence-electron chi connectivity index (χ0n) is 22.3. The number of aliphatic imine (C=N–C) groups is 1. The Morgan fingerprint density at radius 2 is 1.02 bits per heavy atom. The van der Waals surface area contributed by atoms with E-state index in [9.17, 15) is 0 Å². The van der Waals surface area contributed by atoms with Crippen LogP contribution >= 0.6 is 8.15 Å². The molecule has 0 bridgehead atoms. The predicted octanol–water partition coefficient (Wildman–Crippen LogP) is 7.12. The summed E-state index contributed by atoms with van der Waals surface area (Å²) in [5, 5.41) is 2.36. The number of nitrogens with zero attached hydrogens (tertiary/aromatic N) is 1. The Kier molecular flexibility index (Phi) is 8.14. The molecule has 1 aliphatic heterocycles. The summed E-state index contributed by atoms with van der Waals surface area (Å²) in [5.74, 6) is 0.684. The molecule has 0 aromatic heterocycles. The number of rotatable bonds is 10. The average molecular weight is 542 g/mol. The lowest BCUT2D eigenvalue weighted by molar-refractivity contribution is 0.0484. The fourth-order valence-electron chi connectivity index (χ4n) is 5.25. The molecule has 0 spiro atoms. The van der Waals surface area contributed by atoms with Gasteiger partial charge >= 0.3 is 0 Å². The van der Waals surface area contributed by atoms with Gasteiger partial charge in [0.2, 0.25) is 5.90 Å². The van der Waals surface area contributed by atoms with E-state index in [0.717, 1.165) is 5.56 Å². The van der Waals surface area contributed by atoms with Gasteiger partial charge in [-0.1, -0.05) is 140 Å². The summed E-state index contributed by atoms with van der Waals surface area (Å²) in [6.45, 7) is 0.469. The maximum atomic E-state index is 7.56. The van der Waals surface area contributed by atoms with Gasteiger partial charge in [0, 0.05) is 29.0 Å². The molecule has 5 aromatic carbocycles. The Hall–Kier alpha value is -4.04. The van der Waals surface area contributed by atoms with Gasteiger partial charge in [-0.25, -0.2) is 4.99 Å². The Balaban J connectivity index is 1.50. The Morgan fingerprint density at radius 3 is 1.50 bits per heavy atom. The van der Waals surface area contributed by atoms with E-state index >= 15 is 0 Å². The zero-order chi connectivity index (χ0) is 27.0. The van der Waals surface area contributed by atoms with Crippen molar-refractivity contribution in [3.8, 4) is 0 Å². The molecule has 0 saturated carbocycles. The molecule has 0 N–H and O–H groups in total. The Labute approximate surface area is 238 Å². The zero-order valence-corrected chi connectivity index (χ0v) is 23.2. The second kappa shape index (κ2) is 12.4. The third-order valence-electron chi connectivity index (χ3n) is 7.23. The summed E-state index contributed by atoms with van der Waals surface area (Å²) in [6.07, 6.45) is 1.42. The van der Waals surface area contributed by atoms with E-state index in [4.69, 9.17) is 14.3 Å². The predicted molar refractivity (Wildman–Crippen MR) is 166 cm³/mol. The van der Waals surface area contributed by atoms with Crippen molar-refractivity contribution in [1.82, 2.24) is 0 Å². The lowest BCUT2D eigenvalue weighted by Gasteiger charge is -2.40. The third kappa shape index (κ3) is 6.07. The topological polar surface area (TPSA) is 30.8 Å². The first-order chi connectivity index (χ1) is 19.8. The van der Waals surface area contributed by atoms with Crippen LogP contribution in [-0.2, 0) is 22.1 Å². The van der Waals surface area contributed by atoms with Crippen molar-refractivity contribution in [2.24, 2.45) is 4.99 Å². The van der Waals surface area contributed by atoms with Crippen LogP contribution in [0.5, 0.6) is 0 Å². The van der Waals surface area contributed by atoms with Crippen molar-refractivity contribution >= 4 is 24.7 Å². The standard InChI is InChI=1S/C36H32NO2P/c1-6-16-29(17-7-1)26-36(27-30-18-8-2-9-19-30,34-28-38-35(37-34)31-20-10-3-11-21-31)39-40(32-22-12-4-13-23-32)33-24-14-5-15-25-33/h1-25,34H,26-28H2/t34-/m0/s1. The molecule has 0 aliphatic carbocycles. The highest BCUT2D eigenvalue weighted by atomic mass is 31.1. The van der Waals surface area contributed by atoms with E-state index in [1.54, 1.807) is 0 Å². The van der Waals surface area contributed by atoms with Gasteiger partial charge in [0.05, 0.1) is 8.15 Å². The molecule has 198 valence electrons. The average Bonchev–Trinajstić information content (AvgIpc) is 3.54. The molecule has 3 nitrogen and oxygen atoms in total. The van der Waals surface area contributed by atoms with Gasteiger partial charge in [0.15, 0.2) is 0 Å². The normalized spacial score (nSPS) is 15.0. The minimum absolute atomic E-state index is 0.194. The first-order valence-corrected chi connectivity index (χ1v) is 15.0. The van der Waals surface area contributed by atoms with Gasteiger partial charge in [-0.15, -0.1) is 0 Å². The molecule has 0 saturated heterocycles. The molecule has 6 rings (SSSR count). The molecule has 0 fully saturated rings. The van der Waals surface area contributed by atoms with Crippen LogP contribution in [0, 0.1) is 0 Å². The smallest absolute Gasteiger partial charge is 0.216 e. The number of benzene rings is 5. The van der Waals surface area contributed by atoms with E-state index in [1.807, 2.05) is 18.2 Å². The van der Waals surface area contributed by atoms with E-state index in [2.05, 4.69) is 133 Å². The van der Waals surface area contributed by atoms with Crippen molar-refractivity contribution < 1.29 is 9.26 Å².